The van der Waals surface area contributed by atoms with Crippen LogP contribution in [0.1, 0.15) is 54.6 Å². The van der Waals surface area contributed by atoms with E-state index in [1.54, 1.807) is 13.2 Å². The van der Waals surface area contributed by atoms with E-state index in [-0.39, 0.29) is 16.7 Å². The van der Waals surface area contributed by atoms with Crippen molar-refractivity contribution in [3.63, 3.8) is 0 Å². The van der Waals surface area contributed by atoms with E-state index >= 15 is 0 Å². The molecule has 2 heterocycles. The number of para-hydroxylation sites is 1. The van der Waals surface area contributed by atoms with Gasteiger partial charge < -0.3 is 9.84 Å². The predicted molar refractivity (Wildman–Crippen MR) is 152 cm³/mol. The molecule has 1 aromatic heterocycles. The number of carbonyl (C=O) groups is 2. The Morgan fingerprint density at radius 3 is 2.32 bits per heavy atom. The highest BCUT2D eigenvalue weighted by Crippen LogP contribution is 2.45. The van der Waals surface area contributed by atoms with E-state index in [0.29, 0.717) is 16.4 Å². The molecule has 5 rings (SSSR count). The Morgan fingerprint density at radius 2 is 1.68 bits per heavy atom. The lowest BCUT2D eigenvalue weighted by Crippen LogP contribution is -2.29. The van der Waals surface area contributed by atoms with Crippen LogP contribution in [0.4, 0.5) is 5.13 Å². The minimum atomic E-state index is -0.827. The molecular formula is C31H30N2O4S. The zero-order valence-corrected chi connectivity index (χ0v) is 23.1. The fourth-order valence-corrected chi connectivity index (χ4v) is 5.88. The Hall–Kier alpha value is -3.97. The minimum absolute atomic E-state index is 0.0467. The number of amides is 1. The molecule has 7 heteroatoms. The van der Waals surface area contributed by atoms with Gasteiger partial charge in [-0.05, 0) is 65.8 Å². The molecule has 0 saturated carbocycles. The van der Waals surface area contributed by atoms with Crippen molar-refractivity contribution in [2.24, 2.45) is 0 Å². The molecule has 194 valence electrons. The number of hydrogen-bond acceptors (Lipinski definition) is 6. The van der Waals surface area contributed by atoms with Crippen molar-refractivity contribution < 1.29 is 19.4 Å². The van der Waals surface area contributed by atoms with E-state index in [1.807, 2.05) is 68.4 Å². The molecule has 1 aliphatic rings. The van der Waals surface area contributed by atoms with Crippen LogP contribution in [-0.4, -0.2) is 28.9 Å². The smallest absolute Gasteiger partial charge is 0.301 e. The quantitative estimate of drug-likeness (QED) is 0.179. The number of nitrogens with zero attached hydrogens (tertiary/aromatic N) is 2. The lowest BCUT2D eigenvalue weighted by Gasteiger charge is -2.25. The van der Waals surface area contributed by atoms with E-state index < -0.39 is 17.7 Å². The first kappa shape index (κ1) is 25.7. The van der Waals surface area contributed by atoms with Crippen LogP contribution in [0, 0.1) is 13.8 Å². The number of anilines is 1. The maximum atomic E-state index is 13.6. The number of aryl methyl sites for hydroxylation is 2. The van der Waals surface area contributed by atoms with E-state index in [2.05, 4.69) is 25.8 Å². The molecule has 4 aromatic rings. The van der Waals surface area contributed by atoms with Crippen LogP contribution in [0.25, 0.3) is 16.0 Å². The first-order valence-corrected chi connectivity index (χ1v) is 13.3. The molecule has 1 atom stereocenters. The third-order valence-corrected chi connectivity index (χ3v) is 8.06. The Balaban J connectivity index is 1.74. The maximum Gasteiger partial charge on any atom is 0.301 e. The number of methoxy groups -OCH3 is 1. The van der Waals surface area contributed by atoms with Crippen LogP contribution in [0.5, 0.6) is 5.75 Å². The number of thiazole rings is 1. The average Bonchev–Trinajstić information content (AvgIpc) is 3.42. The highest BCUT2D eigenvalue weighted by molar-refractivity contribution is 7.22. The Labute approximate surface area is 226 Å². The van der Waals surface area contributed by atoms with Crippen molar-refractivity contribution in [1.29, 1.82) is 0 Å². The summed E-state index contributed by atoms with van der Waals surface area (Å²) in [5, 5.41) is 12.0. The molecule has 0 radical (unpaired) electrons. The summed E-state index contributed by atoms with van der Waals surface area (Å²) in [7, 11) is 1.59. The molecule has 1 N–H and O–H groups in total. The van der Waals surface area contributed by atoms with Gasteiger partial charge in [-0.25, -0.2) is 4.98 Å². The fourth-order valence-electron chi connectivity index (χ4n) is 4.88. The number of Topliss-reactive ketones (excluding diaryl/α,β-unsaturated/α-hetero) is 1. The summed E-state index contributed by atoms with van der Waals surface area (Å²) in [6.45, 7) is 10.1. The molecule has 1 saturated heterocycles. The molecule has 0 aliphatic carbocycles. The van der Waals surface area contributed by atoms with Crippen LogP contribution in [0.15, 0.2) is 66.2 Å². The van der Waals surface area contributed by atoms with Gasteiger partial charge in [-0.15, -0.1) is 0 Å². The number of fused-ring (bicyclic) bond motifs is 1. The summed E-state index contributed by atoms with van der Waals surface area (Å²) in [5.41, 5.74) is 4.61. The second-order valence-electron chi connectivity index (χ2n) is 10.6. The second-order valence-corrected chi connectivity index (χ2v) is 11.7. The zero-order chi connectivity index (χ0) is 27.4. The normalized spacial score (nSPS) is 17.4. The van der Waals surface area contributed by atoms with Gasteiger partial charge in [-0.1, -0.05) is 68.5 Å². The summed E-state index contributed by atoms with van der Waals surface area (Å²) in [6, 6.07) is 18.3. The Kier molecular flexibility index (Phi) is 6.35. The maximum absolute atomic E-state index is 13.6. The summed E-state index contributed by atoms with van der Waals surface area (Å²) in [6.07, 6.45) is 0. The van der Waals surface area contributed by atoms with Crippen molar-refractivity contribution in [3.05, 3.63) is 94.1 Å². The van der Waals surface area contributed by atoms with Crippen LogP contribution in [-0.2, 0) is 15.0 Å². The van der Waals surface area contributed by atoms with E-state index in [9.17, 15) is 14.7 Å². The molecule has 1 aliphatic heterocycles. The molecule has 1 unspecified atom stereocenters. The van der Waals surface area contributed by atoms with Crippen LogP contribution < -0.4 is 9.64 Å². The van der Waals surface area contributed by atoms with E-state index in [4.69, 9.17) is 4.74 Å². The lowest BCUT2D eigenvalue weighted by molar-refractivity contribution is -0.132. The molecule has 38 heavy (non-hydrogen) atoms. The Morgan fingerprint density at radius 1 is 1.00 bits per heavy atom. The average molecular weight is 527 g/mol. The lowest BCUT2D eigenvalue weighted by atomic mass is 9.85. The fraction of sp³-hybridized carbons (Fsp3) is 0.258. The van der Waals surface area contributed by atoms with Crippen molar-refractivity contribution in [2.45, 2.75) is 46.1 Å². The highest BCUT2D eigenvalue weighted by atomic mass is 32.1. The molecule has 0 bridgehead atoms. The van der Waals surface area contributed by atoms with Crippen LogP contribution in [0.3, 0.4) is 0 Å². The molecule has 0 spiro atoms. The molecule has 3 aromatic carbocycles. The molecule has 1 amide bonds. The van der Waals surface area contributed by atoms with Crippen molar-refractivity contribution in [1.82, 2.24) is 4.98 Å². The third kappa shape index (κ3) is 4.27. The van der Waals surface area contributed by atoms with Gasteiger partial charge in [0.2, 0.25) is 0 Å². The van der Waals surface area contributed by atoms with Gasteiger partial charge in [-0.3, -0.25) is 14.5 Å². The van der Waals surface area contributed by atoms with Gasteiger partial charge in [0.05, 0.1) is 28.9 Å². The summed E-state index contributed by atoms with van der Waals surface area (Å²) >= 11 is 1.35. The number of benzene rings is 3. The van der Waals surface area contributed by atoms with Gasteiger partial charge in [0.15, 0.2) is 5.13 Å². The number of aromatic nitrogens is 1. The zero-order valence-electron chi connectivity index (χ0n) is 22.3. The van der Waals surface area contributed by atoms with Gasteiger partial charge in [0, 0.05) is 5.56 Å². The number of rotatable bonds is 4. The third-order valence-electron chi connectivity index (χ3n) is 7.02. The van der Waals surface area contributed by atoms with Gasteiger partial charge >= 0.3 is 5.91 Å². The standard InChI is InChI=1S/C31H30N2O4S/c1-17-16-23(37-6)18(2)15-21(17)27(34)25-26(19-11-13-20(14-12-19)31(3,4)5)33(29(36)28(25)35)30-32-22-9-7-8-10-24(22)38-30/h7-16,26,34H,1-6H3/b27-25+. The van der Waals surface area contributed by atoms with Crippen LogP contribution in [0.2, 0.25) is 0 Å². The second kappa shape index (κ2) is 9.40. The monoisotopic (exact) mass is 526 g/mol. The molecular weight excluding hydrogens is 496 g/mol. The highest BCUT2D eigenvalue weighted by Gasteiger charge is 2.48. The van der Waals surface area contributed by atoms with Crippen molar-refractivity contribution >= 4 is 44.1 Å². The first-order chi connectivity index (χ1) is 18.0. The first-order valence-electron chi connectivity index (χ1n) is 12.4. The van der Waals surface area contributed by atoms with E-state index in [0.717, 1.165) is 32.5 Å². The van der Waals surface area contributed by atoms with Crippen molar-refractivity contribution in [3.8, 4) is 5.75 Å². The van der Waals surface area contributed by atoms with Crippen LogP contribution >= 0.6 is 11.3 Å². The number of aliphatic hydroxyl groups excluding tert-OH is 1. The molecule has 1 fully saturated rings. The largest absolute Gasteiger partial charge is 0.507 e. The number of ether oxygens (including phenoxy) is 1. The Bertz CT molecular complexity index is 1580. The molecule has 6 nitrogen and oxygen atoms in total. The SMILES string of the molecule is COc1cc(C)c(/C(O)=C2\C(=O)C(=O)N(c3nc4ccccc4s3)C2c2ccc(C(C)(C)C)cc2)cc1C. The number of carbonyl (C=O) groups excluding carboxylic acids is 2. The summed E-state index contributed by atoms with van der Waals surface area (Å²) in [4.78, 5) is 33.3. The summed E-state index contributed by atoms with van der Waals surface area (Å²) in [5.74, 6) is -0.971. The van der Waals surface area contributed by atoms with Gasteiger partial charge in [0.1, 0.15) is 11.5 Å². The summed E-state index contributed by atoms with van der Waals surface area (Å²) < 4.78 is 6.33. The van der Waals surface area contributed by atoms with E-state index in [1.165, 1.54) is 16.2 Å². The van der Waals surface area contributed by atoms with Gasteiger partial charge in [-0.2, -0.15) is 0 Å². The predicted octanol–water partition coefficient (Wildman–Crippen LogP) is 6.85. The topological polar surface area (TPSA) is 79.7 Å². The van der Waals surface area contributed by atoms with Crippen molar-refractivity contribution in [2.75, 3.05) is 12.0 Å². The number of aliphatic hydroxyl groups is 1. The minimum Gasteiger partial charge on any atom is -0.507 e. The number of hydrogen-bond donors (Lipinski definition) is 1. The number of ketones is 1. The van der Waals surface area contributed by atoms with Gasteiger partial charge in [0.25, 0.3) is 5.78 Å².